The van der Waals surface area contributed by atoms with Gasteiger partial charge in [0.1, 0.15) is 5.60 Å². The van der Waals surface area contributed by atoms with Crippen molar-refractivity contribution in [2.45, 2.75) is 50.5 Å². The minimum absolute atomic E-state index is 0.127. The van der Waals surface area contributed by atoms with E-state index in [2.05, 4.69) is 6.58 Å². The highest BCUT2D eigenvalue weighted by molar-refractivity contribution is 5.81. The second-order valence-corrected chi connectivity index (χ2v) is 4.64. The first-order valence-corrected chi connectivity index (χ1v) is 5.59. The number of hydrogen-bond donors (Lipinski definition) is 0. The molecule has 0 saturated heterocycles. The van der Waals surface area contributed by atoms with Crippen molar-refractivity contribution < 1.29 is 9.53 Å². The third-order valence-electron chi connectivity index (χ3n) is 3.74. The molecule has 3 saturated carbocycles. The Labute approximate surface area is 85.3 Å². The second-order valence-electron chi connectivity index (χ2n) is 4.64. The normalized spacial score (nSPS) is 36.1. The third kappa shape index (κ3) is 1.84. The molecule has 0 N–H and O–H groups in total. The fourth-order valence-electron chi connectivity index (χ4n) is 2.86. The molecule has 0 amide bonds. The van der Waals surface area contributed by atoms with Crippen molar-refractivity contribution >= 4 is 5.97 Å². The maximum atomic E-state index is 11.2. The molecule has 0 radical (unpaired) electrons. The van der Waals surface area contributed by atoms with Crippen molar-refractivity contribution in [1.82, 2.24) is 0 Å². The lowest BCUT2D eigenvalue weighted by molar-refractivity contribution is -0.157. The van der Waals surface area contributed by atoms with Gasteiger partial charge in [-0.05, 0) is 44.4 Å². The van der Waals surface area contributed by atoms with Gasteiger partial charge in [-0.15, -0.1) is 0 Å². The van der Waals surface area contributed by atoms with Gasteiger partial charge >= 0.3 is 5.97 Å². The van der Waals surface area contributed by atoms with Gasteiger partial charge in [-0.25, -0.2) is 4.79 Å². The first-order chi connectivity index (χ1) is 6.74. The number of fused-ring (bicyclic) bond motifs is 4. The first kappa shape index (κ1) is 9.75. The highest BCUT2D eigenvalue weighted by Gasteiger charge is 2.40. The average Bonchev–Trinajstić information content (AvgIpc) is 2.50. The maximum absolute atomic E-state index is 11.2. The molecule has 2 heteroatoms. The van der Waals surface area contributed by atoms with Gasteiger partial charge in [0.15, 0.2) is 0 Å². The van der Waals surface area contributed by atoms with Gasteiger partial charge in [0, 0.05) is 6.08 Å². The van der Waals surface area contributed by atoms with E-state index in [1.165, 1.54) is 31.8 Å². The molecule has 3 rings (SSSR count). The van der Waals surface area contributed by atoms with Crippen molar-refractivity contribution in [3.8, 4) is 0 Å². The van der Waals surface area contributed by atoms with E-state index in [0.29, 0.717) is 0 Å². The summed E-state index contributed by atoms with van der Waals surface area (Å²) in [7, 11) is 0. The lowest BCUT2D eigenvalue weighted by atomic mass is 9.80. The first-order valence-electron chi connectivity index (χ1n) is 5.59. The molecule has 0 aromatic heterocycles. The Morgan fingerprint density at radius 2 is 2.00 bits per heavy atom. The standard InChI is InChI=1S/C12H18O2/c1-2-11(13)14-12-7-3-4-10(5-8-12)6-9-12/h2,10H,1,3-9H2. The molecule has 0 spiro atoms. The average molecular weight is 194 g/mol. The monoisotopic (exact) mass is 194 g/mol. The van der Waals surface area contributed by atoms with Crippen LogP contribution in [-0.2, 0) is 9.53 Å². The minimum atomic E-state index is -0.245. The van der Waals surface area contributed by atoms with Crippen molar-refractivity contribution in [3.63, 3.8) is 0 Å². The molecule has 3 aliphatic rings. The van der Waals surface area contributed by atoms with E-state index in [4.69, 9.17) is 4.74 Å². The van der Waals surface area contributed by atoms with Crippen LogP contribution >= 0.6 is 0 Å². The molecule has 0 aromatic rings. The highest BCUT2D eigenvalue weighted by Crippen LogP contribution is 2.44. The zero-order valence-corrected chi connectivity index (χ0v) is 8.63. The lowest BCUT2D eigenvalue weighted by Crippen LogP contribution is -2.36. The summed E-state index contributed by atoms with van der Waals surface area (Å²) in [4.78, 5) is 11.2. The Balaban J connectivity index is 2.05. The molecule has 0 aromatic carbocycles. The van der Waals surface area contributed by atoms with Crippen LogP contribution in [0, 0.1) is 5.92 Å². The van der Waals surface area contributed by atoms with Crippen molar-refractivity contribution in [3.05, 3.63) is 12.7 Å². The predicted octanol–water partition coefficient (Wildman–Crippen LogP) is 2.83. The number of rotatable bonds is 2. The topological polar surface area (TPSA) is 26.3 Å². The number of hydrogen-bond acceptors (Lipinski definition) is 2. The van der Waals surface area contributed by atoms with E-state index in [1.54, 1.807) is 0 Å². The second kappa shape index (κ2) is 3.76. The number of esters is 1. The molecule has 0 heterocycles. The summed E-state index contributed by atoms with van der Waals surface area (Å²) < 4.78 is 5.54. The van der Waals surface area contributed by atoms with E-state index in [1.807, 2.05) is 0 Å². The number of carbonyl (C=O) groups is 1. The van der Waals surface area contributed by atoms with E-state index in [9.17, 15) is 4.79 Å². The predicted molar refractivity (Wildman–Crippen MR) is 54.8 cm³/mol. The molecular weight excluding hydrogens is 176 g/mol. The Morgan fingerprint density at radius 3 is 2.64 bits per heavy atom. The van der Waals surface area contributed by atoms with Crippen LogP contribution in [0.25, 0.3) is 0 Å². The van der Waals surface area contributed by atoms with Crippen LogP contribution in [0.15, 0.2) is 12.7 Å². The molecular formula is C12H18O2. The largest absolute Gasteiger partial charge is 0.456 e. The van der Waals surface area contributed by atoms with Crippen LogP contribution in [-0.4, -0.2) is 11.6 Å². The summed E-state index contributed by atoms with van der Waals surface area (Å²) in [5.41, 5.74) is -0.127. The van der Waals surface area contributed by atoms with E-state index in [-0.39, 0.29) is 11.6 Å². The molecule has 2 bridgehead atoms. The van der Waals surface area contributed by atoms with Crippen molar-refractivity contribution in [1.29, 1.82) is 0 Å². The van der Waals surface area contributed by atoms with Crippen LogP contribution in [0.2, 0.25) is 0 Å². The van der Waals surface area contributed by atoms with Crippen LogP contribution in [0.3, 0.4) is 0 Å². The lowest BCUT2D eigenvalue weighted by Gasteiger charge is -2.35. The van der Waals surface area contributed by atoms with Crippen LogP contribution in [0.5, 0.6) is 0 Å². The molecule has 0 aliphatic heterocycles. The molecule has 14 heavy (non-hydrogen) atoms. The summed E-state index contributed by atoms with van der Waals surface area (Å²) in [5, 5.41) is 0. The molecule has 0 unspecified atom stereocenters. The third-order valence-corrected chi connectivity index (χ3v) is 3.74. The fraction of sp³-hybridized carbons (Fsp3) is 0.750. The van der Waals surface area contributed by atoms with E-state index < -0.39 is 0 Å². The van der Waals surface area contributed by atoms with Gasteiger partial charge in [0.05, 0.1) is 0 Å². The Hall–Kier alpha value is -0.790. The van der Waals surface area contributed by atoms with Crippen LogP contribution in [0.1, 0.15) is 44.9 Å². The maximum Gasteiger partial charge on any atom is 0.330 e. The van der Waals surface area contributed by atoms with Gasteiger partial charge < -0.3 is 4.74 Å². The SMILES string of the molecule is C=CC(=O)OC12CCCC(CC1)CC2. The van der Waals surface area contributed by atoms with Gasteiger partial charge in [-0.3, -0.25) is 0 Å². The van der Waals surface area contributed by atoms with Crippen molar-refractivity contribution in [2.24, 2.45) is 5.92 Å². The smallest absolute Gasteiger partial charge is 0.330 e. The zero-order chi connectivity index (χ0) is 10.0. The molecule has 78 valence electrons. The van der Waals surface area contributed by atoms with Crippen LogP contribution in [0.4, 0.5) is 0 Å². The Bertz CT molecular complexity index is 231. The highest BCUT2D eigenvalue weighted by atomic mass is 16.6. The fourth-order valence-corrected chi connectivity index (χ4v) is 2.86. The summed E-state index contributed by atoms with van der Waals surface area (Å²) >= 11 is 0. The Kier molecular flexibility index (Phi) is 2.62. The number of ether oxygens (including phenoxy) is 1. The summed E-state index contributed by atoms with van der Waals surface area (Å²) in [5.74, 6) is 0.651. The summed E-state index contributed by atoms with van der Waals surface area (Å²) in [6.45, 7) is 3.45. The van der Waals surface area contributed by atoms with Gasteiger partial charge in [0.2, 0.25) is 0 Å². The van der Waals surface area contributed by atoms with Gasteiger partial charge in [0.25, 0.3) is 0 Å². The molecule has 2 nitrogen and oxygen atoms in total. The summed E-state index contributed by atoms with van der Waals surface area (Å²) in [6.07, 6.45) is 9.50. The van der Waals surface area contributed by atoms with E-state index in [0.717, 1.165) is 25.2 Å². The van der Waals surface area contributed by atoms with Gasteiger partial charge in [-0.1, -0.05) is 13.0 Å². The van der Waals surface area contributed by atoms with Gasteiger partial charge in [-0.2, -0.15) is 0 Å². The van der Waals surface area contributed by atoms with Crippen molar-refractivity contribution in [2.75, 3.05) is 0 Å². The van der Waals surface area contributed by atoms with Crippen LogP contribution < -0.4 is 0 Å². The molecule has 0 atom stereocenters. The van der Waals surface area contributed by atoms with E-state index >= 15 is 0 Å². The molecule has 3 fully saturated rings. The quantitative estimate of drug-likeness (QED) is 0.499. The zero-order valence-electron chi connectivity index (χ0n) is 8.63. The molecule has 3 aliphatic carbocycles. The minimum Gasteiger partial charge on any atom is -0.456 e. The summed E-state index contributed by atoms with van der Waals surface area (Å²) in [6, 6.07) is 0. The number of carbonyl (C=O) groups excluding carboxylic acids is 1. The Morgan fingerprint density at radius 1 is 1.29 bits per heavy atom.